The molecule has 0 bridgehead atoms. The number of nitro groups is 1. The van der Waals surface area contributed by atoms with Crippen LogP contribution in [0.2, 0.25) is 0 Å². The standard InChI is InChI=1S/C18H18F3N3O4/c1-12-4-2-3-5-16(12)28-11-17(25)23-9-8-22-14-7-6-13(18(19,20)21)10-15(14)24(26)27/h2-7,10,22H,8-9,11H2,1H3,(H,23,25). The van der Waals surface area contributed by atoms with Crippen LogP contribution in [0.5, 0.6) is 5.75 Å². The molecule has 0 unspecified atom stereocenters. The smallest absolute Gasteiger partial charge is 0.416 e. The van der Waals surface area contributed by atoms with Crippen molar-refractivity contribution in [2.45, 2.75) is 13.1 Å². The maximum atomic E-state index is 12.7. The van der Waals surface area contributed by atoms with Crippen LogP contribution in [-0.4, -0.2) is 30.5 Å². The van der Waals surface area contributed by atoms with E-state index in [1.165, 1.54) is 0 Å². The van der Waals surface area contributed by atoms with Crippen molar-refractivity contribution in [3.8, 4) is 5.75 Å². The van der Waals surface area contributed by atoms with E-state index in [1.54, 1.807) is 12.1 Å². The van der Waals surface area contributed by atoms with Gasteiger partial charge in [0.25, 0.3) is 11.6 Å². The summed E-state index contributed by atoms with van der Waals surface area (Å²) in [6.45, 7) is 1.83. The Morgan fingerprint density at radius 2 is 1.89 bits per heavy atom. The summed E-state index contributed by atoms with van der Waals surface area (Å²) >= 11 is 0. The number of alkyl halides is 3. The average molecular weight is 397 g/mol. The zero-order valence-corrected chi connectivity index (χ0v) is 14.9. The van der Waals surface area contributed by atoms with Crippen molar-refractivity contribution >= 4 is 17.3 Å². The van der Waals surface area contributed by atoms with Gasteiger partial charge in [0.2, 0.25) is 0 Å². The molecule has 0 heterocycles. The minimum atomic E-state index is -4.67. The molecule has 0 fully saturated rings. The van der Waals surface area contributed by atoms with Crippen molar-refractivity contribution in [1.29, 1.82) is 0 Å². The van der Waals surface area contributed by atoms with Gasteiger partial charge in [0, 0.05) is 19.2 Å². The summed E-state index contributed by atoms with van der Waals surface area (Å²) < 4.78 is 43.4. The van der Waals surface area contributed by atoms with Gasteiger partial charge in [-0.1, -0.05) is 18.2 Å². The molecule has 0 aliphatic carbocycles. The lowest BCUT2D eigenvalue weighted by atomic mass is 10.1. The fourth-order valence-electron chi connectivity index (χ4n) is 2.32. The number of hydrogen-bond acceptors (Lipinski definition) is 5. The van der Waals surface area contributed by atoms with Gasteiger partial charge >= 0.3 is 6.18 Å². The van der Waals surface area contributed by atoms with E-state index in [-0.39, 0.29) is 25.4 Å². The molecular weight excluding hydrogens is 379 g/mol. The number of anilines is 1. The Balaban J connectivity index is 1.83. The van der Waals surface area contributed by atoms with Crippen LogP contribution in [-0.2, 0) is 11.0 Å². The second kappa shape index (κ2) is 9.07. The first-order chi connectivity index (χ1) is 13.2. The van der Waals surface area contributed by atoms with Gasteiger partial charge in [-0.25, -0.2) is 0 Å². The van der Waals surface area contributed by atoms with Crippen LogP contribution in [0.15, 0.2) is 42.5 Å². The average Bonchev–Trinajstić information content (AvgIpc) is 2.63. The van der Waals surface area contributed by atoms with Crippen molar-refractivity contribution < 1.29 is 27.6 Å². The number of nitrogens with one attached hydrogen (secondary N) is 2. The Bertz CT molecular complexity index is 856. The van der Waals surface area contributed by atoms with Crippen LogP contribution in [0.1, 0.15) is 11.1 Å². The largest absolute Gasteiger partial charge is 0.484 e. The van der Waals surface area contributed by atoms with Gasteiger partial charge in [0.05, 0.1) is 10.5 Å². The minimum Gasteiger partial charge on any atom is -0.484 e. The van der Waals surface area contributed by atoms with E-state index in [4.69, 9.17) is 4.74 Å². The molecule has 0 saturated carbocycles. The molecule has 7 nitrogen and oxygen atoms in total. The monoisotopic (exact) mass is 397 g/mol. The number of aryl methyl sites for hydroxylation is 1. The van der Waals surface area contributed by atoms with Crippen LogP contribution in [0, 0.1) is 17.0 Å². The number of rotatable bonds is 8. The number of carbonyl (C=O) groups is 1. The number of halogens is 3. The Morgan fingerprint density at radius 1 is 1.18 bits per heavy atom. The Morgan fingerprint density at radius 3 is 2.54 bits per heavy atom. The predicted octanol–water partition coefficient (Wildman–Crippen LogP) is 3.53. The summed E-state index contributed by atoms with van der Waals surface area (Å²) in [6.07, 6.45) is -4.67. The van der Waals surface area contributed by atoms with E-state index in [1.807, 2.05) is 19.1 Å². The van der Waals surface area contributed by atoms with Crippen LogP contribution in [0.25, 0.3) is 0 Å². The molecule has 2 aromatic rings. The van der Waals surface area contributed by atoms with Gasteiger partial charge in [-0.05, 0) is 30.7 Å². The minimum absolute atomic E-state index is 0.0663. The number of hydrogen-bond donors (Lipinski definition) is 2. The number of amides is 1. The van der Waals surface area contributed by atoms with Gasteiger partial charge in [0.1, 0.15) is 11.4 Å². The van der Waals surface area contributed by atoms with E-state index in [0.717, 1.165) is 17.7 Å². The topological polar surface area (TPSA) is 93.5 Å². The molecule has 2 rings (SSSR count). The number of benzene rings is 2. The molecule has 0 aliphatic heterocycles. The number of nitrogens with zero attached hydrogens (tertiary/aromatic N) is 1. The molecule has 10 heteroatoms. The molecule has 150 valence electrons. The number of nitro benzene ring substituents is 1. The third-order valence-electron chi connectivity index (χ3n) is 3.74. The lowest BCUT2D eigenvalue weighted by Gasteiger charge is -2.12. The summed E-state index contributed by atoms with van der Waals surface area (Å²) in [5, 5.41) is 16.2. The van der Waals surface area contributed by atoms with E-state index in [9.17, 15) is 28.1 Å². The van der Waals surface area contributed by atoms with Gasteiger partial charge in [0.15, 0.2) is 6.61 Å². The molecule has 1 amide bonds. The van der Waals surface area contributed by atoms with Crippen LogP contribution >= 0.6 is 0 Å². The molecule has 0 radical (unpaired) electrons. The summed E-state index contributed by atoms with van der Waals surface area (Å²) in [6, 6.07) is 9.41. The van der Waals surface area contributed by atoms with E-state index in [2.05, 4.69) is 10.6 Å². The molecule has 0 aliphatic rings. The normalized spacial score (nSPS) is 11.0. The summed E-state index contributed by atoms with van der Waals surface area (Å²) in [4.78, 5) is 21.9. The van der Waals surface area contributed by atoms with Crippen molar-refractivity contribution in [3.05, 3.63) is 63.7 Å². The fraction of sp³-hybridized carbons (Fsp3) is 0.278. The van der Waals surface area contributed by atoms with Crippen LogP contribution < -0.4 is 15.4 Å². The number of para-hydroxylation sites is 1. The van der Waals surface area contributed by atoms with Crippen LogP contribution in [0.3, 0.4) is 0 Å². The van der Waals surface area contributed by atoms with Crippen molar-refractivity contribution in [2.24, 2.45) is 0 Å². The first-order valence-corrected chi connectivity index (χ1v) is 8.23. The first kappa shape index (κ1) is 21.0. The number of carbonyl (C=O) groups excluding carboxylic acids is 1. The third-order valence-corrected chi connectivity index (χ3v) is 3.74. The highest BCUT2D eigenvalue weighted by molar-refractivity contribution is 5.77. The molecule has 0 aromatic heterocycles. The van der Waals surface area contributed by atoms with Crippen molar-refractivity contribution in [1.82, 2.24) is 5.32 Å². The maximum absolute atomic E-state index is 12.7. The van der Waals surface area contributed by atoms with Gasteiger partial charge < -0.3 is 15.4 Å². The van der Waals surface area contributed by atoms with Gasteiger partial charge in [-0.2, -0.15) is 13.2 Å². The van der Waals surface area contributed by atoms with Gasteiger partial charge in [-0.15, -0.1) is 0 Å². The Hall–Kier alpha value is -3.30. The second-order valence-corrected chi connectivity index (χ2v) is 5.82. The Kier molecular flexibility index (Phi) is 6.80. The fourth-order valence-corrected chi connectivity index (χ4v) is 2.32. The quantitative estimate of drug-likeness (QED) is 0.404. The van der Waals surface area contributed by atoms with Crippen LogP contribution in [0.4, 0.5) is 24.5 Å². The predicted molar refractivity (Wildman–Crippen MR) is 96.3 cm³/mol. The zero-order chi connectivity index (χ0) is 20.7. The summed E-state index contributed by atoms with van der Waals surface area (Å²) in [7, 11) is 0. The highest BCUT2D eigenvalue weighted by Gasteiger charge is 2.32. The highest BCUT2D eigenvalue weighted by atomic mass is 19.4. The molecule has 0 atom stereocenters. The lowest BCUT2D eigenvalue weighted by Crippen LogP contribution is -2.32. The lowest BCUT2D eigenvalue weighted by molar-refractivity contribution is -0.384. The zero-order valence-electron chi connectivity index (χ0n) is 14.9. The van der Waals surface area contributed by atoms with Gasteiger partial charge in [-0.3, -0.25) is 14.9 Å². The molecule has 2 aromatic carbocycles. The maximum Gasteiger partial charge on any atom is 0.416 e. The van der Waals surface area contributed by atoms with E-state index >= 15 is 0 Å². The SMILES string of the molecule is Cc1ccccc1OCC(=O)NCCNc1ccc(C(F)(F)F)cc1[N+](=O)[O-]. The third kappa shape index (κ3) is 5.86. The highest BCUT2D eigenvalue weighted by Crippen LogP contribution is 2.34. The van der Waals surface area contributed by atoms with E-state index < -0.39 is 28.3 Å². The number of ether oxygens (including phenoxy) is 1. The Labute approximate surface area is 158 Å². The molecule has 0 spiro atoms. The summed E-state index contributed by atoms with van der Waals surface area (Å²) in [5.41, 5.74) is -0.981. The van der Waals surface area contributed by atoms with Crippen molar-refractivity contribution in [2.75, 3.05) is 25.0 Å². The first-order valence-electron chi connectivity index (χ1n) is 8.23. The molecule has 2 N–H and O–H groups in total. The molecule has 0 saturated heterocycles. The molecule has 28 heavy (non-hydrogen) atoms. The second-order valence-electron chi connectivity index (χ2n) is 5.82. The molecular formula is C18H18F3N3O4. The van der Waals surface area contributed by atoms with E-state index in [0.29, 0.717) is 11.8 Å². The summed E-state index contributed by atoms with van der Waals surface area (Å²) in [5.74, 6) is 0.183. The van der Waals surface area contributed by atoms with Crippen molar-refractivity contribution in [3.63, 3.8) is 0 Å².